The molecule has 4 nitrogen and oxygen atoms in total. The third kappa shape index (κ3) is 2.37. The zero-order valence-corrected chi connectivity index (χ0v) is 15.4. The minimum absolute atomic E-state index is 0.948. The lowest BCUT2D eigenvalue weighted by atomic mass is 9.93. The largest absolute Gasteiger partial charge is 0.308 e. The van der Waals surface area contributed by atoms with Crippen molar-refractivity contribution < 1.29 is 4.57 Å². The van der Waals surface area contributed by atoms with Gasteiger partial charge in [-0.2, -0.15) is 4.57 Å². The van der Waals surface area contributed by atoms with Gasteiger partial charge in [-0.05, 0) is 43.0 Å². The molecule has 25 heavy (non-hydrogen) atoms. The molecule has 0 aliphatic rings. The Morgan fingerprint density at radius 1 is 1.04 bits per heavy atom. The molecule has 4 aromatic rings. The number of imidazole rings is 2. The molecular formula is C21H23N4+. The summed E-state index contributed by atoms with van der Waals surface area (Å²) in [5.41, 5.74) is 8.86. The van der Waals surface area contributed by atoms with Crippen LogP contribution in [0.4, 0.5) is 0 Å². The predicted octanol–water partition coefficient (Wildman–Crippen LogP) is 3.76. The van der Waals surface area contributed by atoms with Gasteiger partial charge in [-0.1, -0.05) is 18.2 Å². The molecule has 0 atom stereocenters. The first-order valence-electron chi connectivity index (χ1n) is 8.53. The van der Waals surface area contributed by atoms with E-state index in [-0.39, 0.29) is 0 Å². The van der Waals surface area contributed by atoms with E-state index in [1.165, 1.54) is 33.5 Å². The molecule has 4 rings (SSSR count). The van der Waals surface area contributed by atoms with Gasteiger partial charge in [-0.25, -0.2) is 4.98 Å². The van der Waals surface area contributed by atoms with Crippen LogP contribution in [0.25, 0.3) is 28.3 Å². The van der Waals surface area contributed by atoms with Crippen LogP contribution in [-0.2, 0) is 14.1 Å². The number of aryl methyl sites for hydroxylation is 5. The molecule has 0 N–H and O–H groups in total. The standard InChI is InChI=1S/C21H23N4/c1-14-7-6-8-15(2)20(14)17-11-18(23(4)12-16(17)3)19-13-25-10-9-22-21(25)24(19)5/h6-13H,1-5H3/q+1. The van der Waals surface area contributed by atoms with Crippen LogP contribution in [0.1, 0.15) is 16.7 Å². The molecule has 4 heteroatoms. The molecule has 0 unspecified atom stereocenters. The van der Waals surface area contributed by atoms with Crippen molar-refractivity contribution in [3.8, 4) is 22.5 Å². The van der Waals surface area contributed by atoms with E-state index in [2.05, 4.69) is 90.0 Å². The van der Waals surface area contributed by atoms with Crippen LogP contribution in [-0.4, -0.2) is 14.0 Å². The van der Waals surface area contributed by atoms with E-state index < -0.39 is 0 Å². The molecule has 0 fully saturated rings. The number of benzene rings is 1. The van der Waals surface area contributed by atoms with Crippen LogP contribution in [0.5, 0.6) is 0 Å². The molecule has 0 aliphatic carbocycles. The molecule has 0 saturated heterocycles. The quantitative estimate of drug-likeness (QED) is 0.514. The Balaban J connectivity index is 1.99. The van der Waals surface area contributed by atoms with Crippen LogP contribution in [0.15, 0.2) is 49.1 Å². The van der Waals surface area contributed by atoms with Gasteiger partial charge < -0.3 is 4.57 Å². The maximum atomic E-state index is 4.44. The molecule has 0 bridgehead atoms. The van der Waals surface area contributed by atoms with Crippen LogP contribution < -0.4 is 4.57 Å². The maximum absolute atomic E-state index is 4.44. The number of rotatable bonds is 2. The van der Waals surface area contributed by atoms with Crippen LogP contribution in [0.2, 0.25) is 0 Å². The Morgan fingerprint density at radius 2 is 1.76 bits per heavy atom. The molecule has 0 aliphatic heterocycles. The van der Waals surface area contributed by atoms with Crippen LogP contribution in [0, 0.1) is 20.8 Å². The summed E-state index contributed by atoms with van der Waals surface area (Å²) in [4.78, 5) is 4.44. The summed E-state index contributed by atoms with van der Waals surface area (Å²) in [5.74, 6) is 0.948. The second-order valence-corrected chi connectivity index (χ2v) is 6.84. The Morgan fingerprint density at radius 3 is 2.44 bits per heavy atom. The molecule has 0 amide bonds. The van der Waals surface area contributed by atoms with E-state index in [1.54, 1.807) is 0 Å². The van der Waals surface area contributed by atoms with E-state index in [9.17, 15) is 0 Å². The van der Waals surface area contributed by atoms with E-state index >= 15 is 0 Å². The summed E-state index contributed by atoms with van der Waals surface area (Å²) in [6, 6.07) is 8.80. The highest BCUT2D eigenvalue weighted by molar-refractivity contribution is 5.76. The second kappa shape index (κ2) is 5.59. The first kappa shape index (κ1) is 15.6. The molecule has 3 heterocycles. The van der Waals surface area contributed by atoms with Gasteiger partial charge in [0.2, 0.25) is 11.5 Å². The third-order valence-electron chi connectivity index (χ3n) is 5.06. The Kier molecular flexibility index (Phi) is 3.49. The van der Waals surface area contributed by atoms with Crippen molar-refractivity contribution >= 4 is 5.78 Å². The lowest BCUT2D eigenvalue weighted by Gasteiger charge is -2.13. The second-order valence-electron chi connectivity index (χ2n) is 6.84. The summed E-state index contributed by atoms with van der Waals surface area (Å²) < 4.78 is 6.40. The number of hydrogen-bond donors (Lipinski definition) is 0. The lowest BCUT2D eigenvalue weighted by Crippen LogP contribution is -2.32. The van der Waals surface area contributed by atoms with Crippen LogP contribution in [0.3, 0.4) is 0 Å². The first-order valence-corrected chi connectivity index (χ1v) is 8.53. The average Bonchev–Trinajstić information content (AvgIpc) is 3.13. The van der Waals surface area contributed by atoms with E-state index in [4.69, 9.17) is 0 Å². The fourth-order valence-electron chi connectivity index (χ4n) is 3.77. The highest BCUT2D eigenvalue weighted by Crippen LogP contribution is 2.32. The number of pyridine rings is 1. The molecule has 0 saturated carbocycles. The summed E-state index contributed by atoms with van der Waals surface area (Å²) in [7, 11) is 4.17. The zero-order chi connectivity index (χ0) is 17.7. The molecule has 126 valence electrons. The van der Waals surface area contributed by atoms with E-state index in [1.807, 2.05) is 12.4 Å². The summed E-state index contributed by atoms with van der Waals surface area (Å²) in [6.07, 6.45) is 8.17. The Labute approximate surface area is 148 Å². The van der Waals surface area contributed by atoms with Crippen molar-refractivity contribution in [2.45, 2.75) is 20.8 Å². The van der Waals surface area contributed by atoms with Gasteiger partial charge in [-0.15, -0.1) is 0 Å². The third-order valence-corrected chi connectivity index (χ3v) is 5.06. The SMILES string of the molecule is Cc1c[n+](C)c(-c2cn3ccnc3n2C)cc1-c1c(C)cccc1C. The first-order chi connectivity index (χ1) is 12.0. The fraction of sp³-hybridized carbons (Fsp3) is 0.238. The molecule has 0 radical (unpaired) electrons. The molecule has 0 spiro atoms. The molecule has 1 aromatic carbocycles. The van der Waals surface area contributed by atoms with Gasteiger partial charge in [-0.3, -0.25) is 4.40 Å². The van der Waals surface area contributed by atoms with Gasteiger partial charge >= 0.3 is 0 Å². The monoisotopic (exact) mass is 331 g/mol. The minimum Gasteiger partial charge on any atom is -0.308 e. The number of nitrogens with zero attached hydrogens (tertiary/aromatic N) is 4. The Hall–Kier alpha value is -2.88. The van der Waals surface area contributed by atoms with Crippen molar-refractivity contribution in [2.75, 3.05) is 0 Å². The van der Waals surface area contributed by atoms with Gasteiger partial charge in [0.25, 0.3) is 0 Å². The maximum Gasteiger partial charge on any atom is 0.231 e. The highest BCUT2D eigenvalue weighted by Gasteiger charge is 2.20. The van der Waals surface area contributed by atoms with Gasteiger partial charge in [0, 0.05) is 37.3 Å². The summed E-state index contributed by atoms with van der Waals surface area (Å²) >= 11 is 0. The summed E-state index contributed by atoms with van der Waals surface area (Å²) in [6.45, 7) is 6.55. The van der Waals surface area contributed by atoms with Crippen molar-refractivity contribution in [2.24, 2.45) is 14.1 Å². The molecule has 3 aromatic heterocycles. The van der Waals surface area contributed by atoms with Gasteiger partial charge in [0.1, 0.15) is 12.7 Å². The van der Waals surface area contributed by atoms with Crippen molar-refractivity contribution in [3.63, 3.8) is 0 Å². The van der Waals surface area contributed by atoms with Gasteiger partial charge in [0.15, 0.2) is 6.20 Å². The smallest absolute Gasteiger partial charge is 0.231 e. The highest BCUT2D eigenvalue weighted by atomic mass is 15.2. The number of fused-ring (bicyclic) bond motifs is 1. The Bertz CT molecular complexity index is 1080. The van der Waals surface area contributed by atoms with E-state index in [0.29, 0.717) is 0 Å². The normalized spacial score (nSPS) is 11.4. The fourth-order valence-corrected chi connectivity index (χ4v) is 3.77. The predicted molar refractivity (Wildman–Crippen MR) is 100 cm³/mol. The zero-order valence-electron chi connectivity index (χ0n) is 15.4. The van der Waals surface area contributed by atoms with Crippen molar-refractivity contribution in [3.05, 3.63) is 65.7 Å². The van der Waals surface area contributed by atoms with Crippen LogP contribution >= 0.6 is 0 Å². The summed E-state index contributed by atoms with van der Waals surface area (Å²) in [5, 5.41) is 0. The number of aromatic nitrogens is 4. The van der Waals surface area contributed by atoms with E-state index in [0.717, 1.165) is 11.5 Å². The van der Waals surface area contributed by atoms with Gasteiger partial charge in [0.05, 0.1) is 0 Å². The van der Waals surface area contributed by atoms with Crippen molar-refractivity contribution in [1.82, 2.24) is 14.0 Å². The van der Waals surface area contributed by atoms with Crippen molar-refractivity contribution in [1.29, 1.82) is 0 Å². The minimum atomic E-state index is 0.948. The lowest BCUT2D eigenvalue weighted by molar-refractivity contribution is -0.660. The average molecular weight is 331 g/mol. The topological polar surface area (TPSA) is 26.1 Å². The number of hydrogen-bond acceptors (Lipinski definition) is 1. The molecular weight excluding hydrogens is 308 g/mol.